The summed E-state index contributed by atoms with van der Waals surface area (Å²) in [4.78, 5) is 35.5. The molecule has 0 bridgehead atoms. The van der Waals surface area contributed by atoms with Gasteiger partial charge in [0.15, 0.2) is 6.61 Å². The maximum absolute atomic E-state index is 11.9. The molecule has 0 aliphatic heterocycles. The third-order valence-corrected chi connectivity index (χ3v) is 4.05. The van der Waals surface area contributed by atoms with Gasteiger partial charge in [0, 0.05) is 12.1 Å². The van der Waals surface area contributed by atoms with Crippen molar-refractivity contribution < 1.29 is 19.1 Å². The second-order valence-corrected chi connectivity index (χ2v) is 6.46. The number of benzene rings is 2. The fourth-order valence-corrected chi connectivity index (χ4v) is 2.53. The first-order chi connectivity index (χ1) is 12.8. The number of carbonyl (C=O) groups excluding carboxylic acids is 3. The molecule has 0 saturated carbocycles. The molecule has 6 nitrogen and oxygen atoms in total. The fraction of sp³-hybridized carbons (Fsp3) is 0.250. The number of aryl methyl sites for hydroxylation is 2. The number of halogens is 1. The van der Waals surface area contributed by atoms with Gasteiger partial charge in [0.1, 0.15) is 0 Å². The number of hydrogen-bond donors (Lipinski definition) is 2. The second-order valence-electron chi connectivity index (χ2n) is 6.06. The quantitative estimate of drug-likeness (QED) is 0.705. The fourth-order valence-electron chi connectivity index (χ4n) is 2.35. The van der Waals surface area contributed by atoms with E-state index < -0.39 is 18.5 Å². The van der Waals surface area contributed by atoms with E-state index in [-0.39, 0.29) is 18.7 Å². The maximum Gasteiger partial charge on any atom is 0.306 e. The smallest absolute Gasteiger partial charge is 0.306 e. The molecule has 0 aromatic heterocycles. The molecule has 0 aliphatic rings. The predicted molar refractivity (Wildman–Crippen MR) is 105 cm³/mol. The Morgan fingerprint density at radius 1 is 0.926 bits per heavy atom. The maximum atomic E-state index is 11.9. The van der Waals surface area contributed by atoms with Crippen LogP contribution in [0, 0.1) is 13.8 Å². The van der Waals surface area contributed by atoms with Crippen molar-refractivity contribution in [1.29, 1.82) is 0 Å². The molecule has 2 amide bonds. The molecule has 7 heteroatoms. The Labute approximate surface area is 162 Å². The molecule has 0 aliphatic carbocycles. The number of anilines is 2. The van der Waals surface area contributed by atoms with Gasteiger partial charge in [0.05, 0.1) is 17.1 Å². The van der Waals surface area contributed by atoms with Crippen LogP contribution >= 0.6 is 11.6 Å². The molecular weight excluding hydrogens is 368 g/mol. The van der Waals surface area contributed by atoms with Crippen LogP contribution in [0.25, 0.3) is 0 Å². The Bertz CT molecular complexity index is 852. The van der Waals surface area contributed by atoms with E-state index in [0.717, 1.165) is 11.1 Å². The predicted octanol–water partition coefficient (Wildman–Crippen LogP) is 3.86. The molecule has 0 unspecified atom stereocenters. The van der Waals surface area contributed by atoms with Crippen molar-refractivity contribution in [2.24, 2.45) is 0 Å². The Morgan fingerprint density at radius 2 is 1.63 bits per heavy atom. The van der Waals surface area contributed by atoms with Crippen molar-refractivity contribution in [2.45, 2.75) is 26.7 Å². The molecule has 2 rings (SSSR count). The van der Waals surface area contributed by atoms with Crippen LogP contribution in [-0.4, -0.2) is 24.4 Å². The molecule has 0 spiro atoms. The molecule has 0 radical (unpaired) electrons. The van der Waals surface area contributed by atoms with Gasteiger partial charge >= 0.3 is 5.97 Å². The lowest BCUT2D eigenvalue weighted by Crippen LogP contribution is -2.22. The minimum absolute atomic E-state index is 0.0667. The summed E-state index contributed by atoms with van der Waals surface area (Å²) in [7, 11) is 0. The normalized spacial score (nSPS) is 10.2. The van der Waals surface area contributed by atoms with Crippen molar-refractivity contribution in [3.63, 3.8) is 0 Å². The Kier molecular flexibility index (Phi) is 7.37. The van der Waals surface area contributed by atoms with Crippen molar-refractivity contribution in [3.8, 4) is 0 Å². The molecule has 0 atom stereocenters. The molecule has 2 aromatic rings. The van der Waals surface area contributed by atoms with E-state index in [2.05, 4.69) is 10.6 Å². The van der Waals surface area contributed by atoms with Gasteiger partial charge in [-0.2, -0.15) is 0 Å². The van der Waals surface area contributed by atoms with Crippen LogP contribution < -0.4 is 10.6 Å². The summed E-state index contributed by atoms with van der Waals surface area (Å²) in [5.41, 5.74) is 3.16. The van der Waals surface area contributed by atoms with Crippen LogP contribution in [0.4, 0.5) is 11.4 Å². The lowest BCUT2D eigenvalue weighted by Gasteiger charge is -2.10. The third-order valence-electron chi connectivity index (χ3n) is 3.72. The molecule has 0 saturated heterocycles. The zero-order valence-corrected chi connectivity index (χ0v) is 15.9. The van der Waals surface area contributed by atoms with Crippen LogP contribution in [0.15, 0.2) is 42.5 Å². The van der Waals surface area contributed by atoms with Crippen molar-refractivity contribution >= 4 is 40.8 Å². The summed E-state index contributed by atoms with van der Waals surface area (Å²) in [5, 5.41) is 5.72. The van der Waals surface area contributed by atoms with Crippen LogP contribution in [0.2, 0.25) is 5.02 Å². The second kappa shape index (κ2) is 9.73. The molecular formula is C20H21ClN2O4. The topological polar surface area (TPSA) is 84.5 Å². The van der Waals surface area contributed by atoms with Crippen LogP contribution in [0.3, 0.4) is 0 Å². The average molecular weight is 389 g/mol. The molecule has 2 N–H and O–H groups in total. The Balaban J connectivity index is 1.71. The van der Waals surface area contributed by atoms with E-state index >= 15 is 0 Å². The van der Waals surface area contributed by atoms with Gasteiger partial charge in [-0.15, -0.1) is 0 Å². The summed E-state index contributed by atoms with van der Waals surface area (Å²) in [6.07, 6.45) is -0.199. The first kappa shape index (κ1) is 20.5. The average Bonchev–Trinajstić information content (AvgIpc) is 2.62. The van der Waals surface area contributed by atoms with Gasteiger partial charge in [-0.25, -0.2) is 0 Å². The van der Waals surface area contributed by atoms with Crippen molar-refractivity contribution in [3.05, 3.63) is 58.6 Å². The molecule has 27 heavy (non-hydrogen) atoms. The van der Waals surface area contributed by atoms with Gasteiger partial charge in [-0.05, 0) is 37.6 Å². The van der Waals surface area contributed by atoms with Gasteiger partial charge in [0.2, 0.25) is 5.91 Å². The van der Waals surface area contributed by atoms with Crippen LogP contribution in [0.5, 0.6) is 0 Å². The van der Waals surface area contributed by atoms with E-state index in [1.807, 2.05) is 26.0 Å². The minimum atomic E-state index is -0.625. The number of ether oxygens (including phenoxy) is 1. The molecule has 142 valence electrons. The van der Waals surface area contributed by atoms with Gasteiger partial charge < -0.3 is 15.4 Å². The van der Waals surface area contributed by atoms with Crippen molar-refractivity contribution in [2.75, 3.05) is 17.2 Å². The summed E-state index contributed by atoms with van der Waals surface area (Å²) in [6.45, 7) is 3.44. The number of para-hydroxylation sites is 1. The number of hydrogen-bond acceptors (Lipinski definition) is 4. The Hall–Kier alpha value is -2.86. The highest BCUT2D eigenvalue weighted by Gasteiger charge is 2.12. The van der Waals surface area contributed by atoms with E-state index in [1.54, 1.807) is 30.3 Å². The summed E-state index contributed by atoms with van der Waals surface area (Å²) < 4.78 is 4.91. The zero-order chi connectivity index (χ0) is 19.8. The van der Waals surface area contributed by atoms with Gasteiger partial charge in [0.25, 0.3) is 5.91 Å². The van der Waals surface area contributed by atoms with Crippen LogP contribution in [0.1, 0.15) is 24.0 Å². The molecule has 0 fully saturated rings. The Morgan fingerprint density at radius 3 is 2.33 bits per heavy atom. The molecule has 0 heterocycles. The number of esters is 1. The van der Waals surface area contributed by atoms with Crippen LogP contribution in [-0.2, 0) is 19.1 Å². The van der Waals surface area contributed by atoms with Gasteiger partial charge in [-0.3, -0.25) is 14.4 Å². The van der Waals surface area contributed by atoms with E-state index in [1.165, 1.54) is 0 Å². The highest BCUT2D eigenvalue weighted by Crippen LogP contribution is 2.20. The largest absolute Gasteiger partial charge is 0.456 e. The van der Waals surface area contributed by atoms with Crippen molar-refractivity contribution in [1.82, 2.24) is 0 Å². The van der Waals surface area contributed by atoms with E-state index in [9.17, 15) is 14.4 Å². The lowest BCUT2D eigenvalue weighted by molar-refractivity contribution is -0.147. The zero-order valence-electron chi connectivity index (χ0n) is 15.2. The SMILES string of the molecule is Cc1ccc(NC(=O)COC(=O)CCC(=O)Nc2ccccc2Cl)c(C)c1. The number of nitrogens with one attached hydrogen (secondary N) is 2. The number of carbonyl (C=O) groups is 3. The summed E-state index contributed by atoms with van der Waals surface area (Å²) in [5.74, 6) is -1.42. The number of rotatable bonds is 7. The summed E-state index contributed by atoms with van der Waals surface area (Å²) in [6, 6.07) is 12.4. The minimum Gasteiger partial charge on any atom is -0.456 e. The summed E-state index contributed by atoms with van der Waals surface area (Å²) >= 11 is 5.95. The van der Waals surface area contributed by atoms with Gasteiger partial charge in [-0.1, -0.05) is 41.4 Å². The molecule has 2 aromatic carbocycles. The highest BCUT2D eigenvalue weighted by molar-refractivity contribution is 6.33. The number of amides is 2. The first-order valence-corrected chi connectivity index (χ1v) is 8.80. The monoisotopic (exact) mass is 388 g/mol. The standard InChI is InChI=1S/C20H21ClN2O4/c1-13-7-8-16(14(2)11-13)22-19(25)12-27-20(26)10-9-18(24)23-17-6-4-3-5-15(17)21/h3-8,11H,9-10,12H2,1-2H3,(H,22,25)(H,23,24). The third kappa shape index (κ3) is 6.75. The lowest BCUT2D eigenvalue weighted by atomic mass is 10.1. The highest BCUT2D eigenvalue weighted by atomic mass is 35.5. The van der Waals surface area contributed by atoms with E-state index in [0.29, 0.717) is 16.4 Å². The van der Waals surface area contributed by atoms with E-state index in [4.69, 9.17) is 16.3 Å². The first-order valence-electron chi connectivity index (χ1n) is 8.42.